The lowest BCUT2D eigenvalue weighted by Gasteiger charge is -1.95. The minimum Gasteiger partial charge on any atom is -0.355 e. The quantitative estimate of drug-likeness (QED) is 0.0896. The summed E-state index contributed by atoms with van der Waals surface area (Å²) in [7, 11) is -16.1. The Labute approximate surface area is 394 Å². The lowest BCUT2D eigenvalue weighted by atomic mass is 10.2. The summed E-state index contributed by atoms with van der Waals surface area (Å²) in [5.41, 5.74) is 11.7. The average Bonchev–Trinajstić information content (AvgIpc) is 4.09. The van der Waals surface area contributed by atoms with E-state index in [0.29, 0.717) is 0 Å². The highest BCUT2D eigenvalue weighted by molar-refractivity contribution is 7.86. The van der Waals surface area contributed by atoms with Crippen molar-refractivity contribution in [1.82, 2.24) is 19.9 Å². The summed E-state index contributed by atoms with van der Waals surface area (Å²) in [5, 5.41) is 0. The van der Waals surface area contributed by atoms with Crippen molar-refractivity contribution in [2.75, 3.05) is 0 Å². The van der Waals surface area contributed by atoms with Crippen molar-refractivity contribution in [2.45, 2.75) is 47.3 Å². The van der Waals surface area contributed by atoms with Gasteiger partial charge < -0.3 is 9.97 Å². The molecule has 0 fully saturated rings. The molecule has 0 saturated heterocycles. The summed E-state index contributed by atoms with van der Waals surface area (Å²) >= 11 is 0. The van der Waals surface area contributed by atoms with Crippen LogP contribution in [0.4, 0.5) is 0 Å². The lowest BCUT2D eigenvalue weighted by Crippen LogP contribution is -1.96. The summed E-state index contributed by atoms with van der Waals surface area (Å²) in [6, 6.07) is 40.4. The summed E-state index contributed by atoms with van der Waals surface area (Å²) in [5.74, 6) is 0. The number of benzene rings is 4. The van der Waals surface area contributed by atoms with Crippen molar-refractivity contribution in [3.05, 3.63) is 191 Å². The second-order valence-corrected chi connectivity index (χ2v) is 20.7. The molecule has 3 aromatic heterocycles. The zero-order valence-corrected chi connectivity index (χ0v) is 40.0. The molecule has 0 saturated carbocycles. The van der Waals surface area contributed by atoms with Gasteiger partial charge >= 0.3 is 0 Å². The molecule has 7 aromatic rings. The molecule has 5 heterocycles. The molecule has 0 aliphatic carbocycles. The van der Waals surface area contributed by atoms with Gasteiger partial charge in [-0.2, -0.15) is 33.7 Å². The molecule has 4 aromatic carbocycles. The second-order valence-electron chi connectivity index (χ2n) is 15.1. The molecular weight excluding hydrogens is 953 g/mol. The predicted molar refractivity (Wildman–Crippen MR) is 263 cm³/mol. The van der Waals surface area contributed by atoms with E-state index in [1.165, 1.54) is 48.5 Å². The molecule has 2 aliphatic heterocycles. The third-order valence-electron chi connectivity index (χ3n) is 9.32. The Morgan fingerprint density at radius 2 is 0.515 bits per heavy atom. The van der Waals surface area contributed by atoms with Crippen molar-refractivity contribution in [3.63, 3.8) is 0 Å². The molecule has 9 rings (SSSR count). The normalized spacial score (nSPS) is 11.9. The third kappa shape index (κ3) is 16.8. The van der Waals surface area contributed by atoms with Crippen molar-refractivity contribution in [3.8, 4) is 0 Å². The average molecular weight is 999 g/mol. The molecule has 0 spiro atoms. The number of aryl methyl sites for hydroxylation is 4. The zero-order chi connectivity index (χ0) is 49.9. The van der Waals surface area contributed by atoms with Crippen LogP contribution in [0.15, 0.2) is 165 Å². The lowest BCUT2D eigenvalue weighted by molar-refractivity contribution is 0.481. The van der Waals surface area contributed by atoms with Crippen LogP contribution in [0.2, 0.25) is 0 Å². The maximum atomic E-state index is 10.5. The number of aromatic nitrogens is 4. The van der Waals surface area contributed by atoms with Crippen molar-refractivity contribution >= 4 is 86.8 Å². The van der Waals surface area contributed by atoms with Gasteiger partial charge in [0.2, 0.25) is 0 Å². The molecule has 2 aliphatic rings. The highest BCUT2D eigenvalue weighted by Crippen LogP contribution is 2.18. The number of hydrogen-bond acceptors (Lipinski definition) is 10. The van der Waals surface area contributed by atoms with Gasteiger partial charge in [0.25, 0.3) is 40.5 Å². The van der Waals surface area contributed by atoms with Crippen LogP contribution in [0.1, 0.15) is 45.0 Å². The number of nitrogens with one attached hydrogen (secondary N) is 2. The smallest absolute Gasteiger partial charge is 0.294 e. The van der Waals surface area contributed by atoms with Crippen molar-refractivity contribution in [1.29, 1.82) is 0 Å². The summed E-state index contributed by atoms with van der Waals surface area (Å²) in [4.78, 5) is 15.8. The van der Waals surface area contributed by atoms with Crippen LogP contribution in [-0.2, 0) is 40.5 Å². The number of fused-ring (bicyclic) bond motifs is 8. The number of hydrogen-bond donors (Lipinski definition) is 6. The molecule has 0 unspecified atom stereocenters. The fourth-order valence-corrected chi connectivity index (χ4v) is 7.70. The van der Waals surface area contributed by atoms with E-state index >= 15 is 0 Å². The molecule has 20 heteroatoms. The number of nitrogens with zero attached hydrogens (tertiary/aromatic N) is 2. The van der Waals surface area contributed by atoms with Gasteiger partial charge in [-0.3, -0.25) is 18.2 Å². The van der Waals surface area contributed by atoms with Crippen LogP contribution in [0.5, 0.6) is 0 Å². The molecule has 6 N–H and O–H groups in total. The number of H-pyrrole nitrogens is 2. The van der Waals surface area contributed by atoms with E-state index in [0.717, 1.165) is 67.1 Å². The Morgan fingerprint density at radius 3 is 0.735 bits per heavy atom. The van der Waals surface area contributed by atoms with Gasteiger partial charge in [0.15, 0.2) is 0 Å². The monoisotopic (exact) mass is 998 g/mol. The van der Waals surface area contributed by atoms with Crippen LogP contribution >= 0.6 is 0 Å². The van der Waals surface area contributed by atoms with Crippen LogP contribution < -0.4 is 0 Å². The minimum atomic E-state index is -4.02. The molecule has 0 radical (unpaired) electrons. The van der Waals surface area contributed by atoms with Gasteiger partial charge in [0.05, 0.1) is 42.4 Å². The molecule has 354 valence electrons. The Kier molecular flexibility index (Phi) is 17.1. The Balaban J connectivity index is 0.000000169. The van der Waals surface area contributed by atoms with E-state index in [2.05, 4.69) is 50.3 Å². The summed E-state index contributed by atoms with van der Waals surface area (Å²) < 4.78 is 118. The van der Waals surface area contributed by atoms with Gasteiger partial charge in [0.1, 0.15) is 0 Å². The first-order valence-corrected chi connectivity index (χ1v) is 25.8. The van der Waals surface area contributed by atoms with Crippen LogP contribution in [-0.4, -0.2) is 71.8 Å². The zero-order valence-electron chi connectivity index (χ0n) is 36.7. The molecule has 0 amide bonds. The Morgan fingerprint density at radius 1 is 0.309 bits per heavy atom. The predicted octanol–water partition coefficient (Wildman–Crippen LogP) is 9.62. The molecule has 0 atom stereocenters. The molecule has 68 heavy (non-hydrogen) atoms. The topological polar surface area (TPSA) is 275 Å². The Bertz CT molecular complexity index is 3190. The molecular formula is C48H46N4O12S4. The van der Waals surface area contributed by atoms with Crippen LogP contribution in [0, 0.1) is 27.7 Å². The Hall–Kier alpha value is -6.88. The SMILES string of the molecule is C1=Cc2cc3ccc(cc4ccc(cc5nc(cc1n2)C=C5)[nH]4)[nH]3.Cc1ccc(S(=O)(=O)O)cc1.Cc1ccc(S(=O)(=O)O)cc1.Cc1ccc(S(=O)(=O)O)cc1.Cc1ccc(S(=O)(=O)O)cc1. The van der Waals surface area contributed by atoms with E-state index in [1.54, 1.807) is 48.5 Å². The first-order valence-electron chi connectivity index (χ1n) is 20.0. The standard InChI is InChI=1S/C20H14N4.4C7H8O3S/c1-2-14-10-16-5-6-18(23-16)12-20-8-7-19(24-20)11-17-4-3-15(22-17)9-13(1)21-14;4*1-6-2-4-7(5-3-6)11(8,9)10/h1-12,21-22H;4*2-5H,1H3,(H,8,9,10). The van der Waals surface area contributed by atoms with Crippen LogP contribution in [0.25, 0.3) is 46.4 Å². The fraction of sp³-hybridized carbons (Fsp3) is 0.0833. The van der Waals surface area contributed by atoms with E-state index < -0.39 is 40.5 Å². The van der Waals surface area contributed by atoms with E-state index in [9.17, 15) is 33.7 Å². The van der Waals surface area contributed by atoms with Crippen molar-refractivity contribution < 1.29 is 51.9 Å². The van der Waals surface area contributed by atoms with Gasteiger partial charge in [-0.25, -0.2) is 9.97 Å². The minimum absolute atomic E-state index is 0.0666. The second kappa shape index (κ2) is 22.3. The summed E-state index contributed by atoms with van der Waals surface area (Å²) in [6.45, 7) is 7.36. The van der Waals surface area contributed by atoms with Gasteiger partial charge in [-0.1, -0.05) is 70.8 Å². The van der Waals surface area contributed by atoms with Gasteiger partial charge in [-0.05, 0) is 149 Å². The maximum Gasteiger partial charge on any atom is 0.294 e. The largest absolute Gasteiger partial charge is 0.355 e. The number of rotatable bonds is 4. The van der Waals surface area contributed by atoms with E-state index in [1.807, 2.05) is 70.2 Å². The molecule has 16 nitrogen and oxygen atoms in total. The van der Waals surface area contributed by atoms with E-state index in [-0.39, 0.29) is 19.6 Å². The maximum absolute atomic E-state index is 10.5. The highest BCUT2D eigenvalue weighted by Gasteiger charge is 2.10. The van der Waals surface area contributed by atoms with Crippen LogP contribution in [0.3, 0.4) is 0 Å². The first kappa shape index (κ1) is 52.1. The highest BCUT2D eigenvalue weighted by atomic mass is 32.2. The van der Waals surface area contributed by atoms with Gasteiger partial charge in [0, 0.05) is 22.1 Å². The van der Waals surface area contributed by atoms with E-state index in [4.69, 9.17) is 18.2 Å². The van der Waals surface area contributed by atoms with Crippen molar-refractivity contribution in [2.24, 2.45) is 0 Å². The fourth-order valence-electron chi connectivity index (χ4n) is 5.78. The molecule has 8 bridgehead atoms. The van der Waals surface area contributed by atoms with Gasteiger partial charge in [-0.15, -0.1) is 0 Å². The summed E-state index contributed by atoms with van der Waals surface area (Å²) in [6.07, 6.45) is 8.05. The third-order valence-corrected chi connectivity index (χ3v) is 12.8. The number of aromatic amines is 2. The first-order chi connectivity index (χ1) is 31.8.